The number of hydrogen-bond donors (Lipinski definition) is 0. The van der Waals surface area contributed by atoms with E-state index in [1.54, 1.807) is 0 Å². The van der Waals surface area contributed by atoms with Gasteiger partial charge in [0, 0.05) is 0 Å². The molecule has 0 aliphatic rings. The number of benzene rings is 1. The van der Waals surface area contributed by atoms with Gasteiger partial charge in [0.05, 0.1) is 12.5 Å². The highest BCUT2D eigenvalue weighted by Crippen LogP contribution is 2.14. The normalized spacial score (nSPS) is 9.07. The van der Waals surface area contributed by atoms with Gasteiger partial charge in [0.15, 0.2) is 0 Å². The zero-order valence-corrected chi connectivity index (χ0v) is 10.2. The first-order valence-electron chi connectivity index (χ1n) is 5.61. The van der Waals surface area contributed by atoms with Crippen LogP contribution in [0.25, 0.3) is 0 Å². The van der Waals surface area contributed by atoms with Crippen molar-refractivity contribution in [3.63, 3.8) is 0 Å². The highest BCUT2D eigenvalue weighted by Gasteiger charge is 1.97. The lowest BCUT2D eigenvalue weighted by Crippen LogP contribution is -1.87. The Kier molecular flexibility index (Phi) is 7.36. The van der Waals surface area contributed by atoms with Crippen molar-refractivity contribution in [2.45, 2.75) is 46.5 Å². The van der Waals surface area contributed by atoms with Crippen molar-refractivity contribution in [3.05, 3.63) is 35.4 Å². The number of nitriles is 1. The van der Waals surface area contributed by atoms with E-state index in [0.29, 0.717) is 12.3 Å². The highest BCUT2D eigenvalue weighted by molar-refractivity contribution is 5.26. The first-order chi connectivity index (χ1) is 7.15. The molecule has 15 heavy (non-hydrogen) atoms. The maximum atomic E-state index is 8.45. The number of rotatable bonds is 2. The van der Waals surface area contributed by atoms with Gasteiger partial charge in [-0.15, -0.1) is 0 Å². The minimum atomic E-state index is 0.512. The lowest BCUT2D eigenvalue weighted by atomic mass is 10.0. The van der Waals surface area contributed by atoms with Gasteiger partial charge in [0.1, 0.15) is 0 Å². The molecule has 0 aliphatic heterocycles. The first-order valence-corrected chi connectivity index (χ1v) is 5.61. The lowest BCUT2D eigenvalue weighted by molar-refractivity contribution is 0.865. The maximum Gasteiger partial charge on any atom is 0.0669 e. The second-order valence-electron chi connectivity index (χ2n) is 3.94. The zero-order valence-electron chi connectivity index (χ0n) is 10.2. The van der Waals surface area contributed by atoms with Crippen LogP contribution in [0.2, 0.25) is 0 Å². The fraction of sp³-hybridized carbons (Fsp3) is 0.500. The van der Waals surface area contributed by atoms with Crippen molar-refractivity contribution in [2.75, 3.05) is 0 Å². The Morgan fingerprint density at radius 1 is 1.13 bits per heavy atom. The summed E-state index contributed by atoms with van der Waals surface area (Å²) in [5.41, 5.74) is 2.43. The molecule has 1 aromatic carbocycles. The van der Waals surface area contributed by atoms with Crippen LogP contribution in [0, 0.1) is 11.3 Å². The molecule has 1 rings (SSSR count). The van der Waals surface area contributed by atoms with Gasteiger partial charge in [0.2, 0.25) is 0 Å². The van der Waals surface area contributed by atoms with Crippen LogP contribution in [0.5, 0.6) is 0 Å². The Morgan fingerprint density at radius 3 is 1.93 bits per heavy atom. The summed E-state index contributed by atoms with van der Waals surface area (Å²) in [4.78, 5) is 0. The molecular weight excluding hydrogens is 182 g/mol. The molecule has 0 aliphatic carbocycles. The summed E-state index contributed by atoms with van der Waals surface area (Å²) in [6.45, 7) is 8.58. The van der Waals surface area contributed by atoms with Crippen molar-refractivity contribution in [1.29, 1.82) is 5.26 Å². The van der Waals surface area contributed by atoms with Crippen molar-refractivity contribution in [2.24, 2.45) is 0 Å². The molecule has 0 atom stereocenters. The van der Waals surface area contributed by atoms with E-state index >= 15 is 0 Å². The molecule has 0 saturated carbocycles. The van der Waals surface area contributed by atoms with E-state index in [-0.39, 0.29) is 0 Å². The Hall–Kier alpha value is -1.29. The van der Waals surface area contributed by atoms with Gasteiger partial charge in [-0.2, -0.15) is 5.26 Å². The lowest BCUT2D eigenvalue weighted by Gasteiger charge is -2.04. The summed E-state index contributed by atoms with van der Waals surface area (Å²) in [5, 5.41) is 8.45. The predicted octanol–water partition coefficient (Wildman–Crippen LogP) is 4.29. The molecule has 0 aromatic heterocycles. The molecule has 1 nitrogen and oxygen atoms in total. The quantitative estimate of drug-likeness (QED) is 0.703. The Balaban J connectivity index is 0.000000583. The molecule has 0 unspecified atom stereocenters. The van der Waals surface area contributed by atoms with E-state index in [9.17, 15) is 0 Å². The summed E-state index contributed by atoms with van der Waals surface area (Å²) in [5.74, 6) is 0.570. The van der Waals surface area contributed by atoms with Gasteiger partial charge in [-0.25, -0.2) is 0 Å². The molecule has 82 valence electrons. The van der Waals surface area contributed by atoms with Crippen LogP contribution in [0.15, 0.2) is 24.3 Å². The Bertz CT molecular complexity index is 290. The van der Waals surface area contributed by atoms with Crippen LogP contribution in [-0.4, -0.2) is 0 Å². The molecule has 1 heteroatoms. The second kappa shape index (κ2) is 8.05. The molecule has 0 radical (unpaired) electrons. The third-order valence-electron chi connectivity index (χ3n) is 1.93. The molecule has 0 saturated heterocycles. The van der Waals surface area contributed by atoms with Crippen molar-refractivity contribution in [1.82, 2.24) is 0 Å². The third-order valence-corrected chi connectivity index (χ3v) is 1.93. The summed E-state index contributed by atoms with van der Waals surface area (Å²) >= 11 is 0. The van der Waals surface area contributed by atoms with Gasteiger partial charge < -0.3 is 0 Å². The van der Waals surface area contributed by atoms with E-state index in [2.05, 4.69) is 45.9 Å². The molecule has 0 amide bonds. The summed E-state index contributed by atoms with van der Waals surface area (Å²) in [6, 6.07) is 10.4. The molecule has 0 fully saturated rings. The van der Waals surface area contributed by atoms with Crippen LogP contribution in [0.1, 0.15) is 51.2 Å². The predicted molar refractivity (Wildman–Crippen MR) is 65.8 cm³/mol. The molecular formula is C14H21N. The third kappa shape index (κ3) is 5.91. The average Bonchev–Trinajstić information content (AvgIpc) is 2.20. The molecule has 0 bridgehead atoms. The van der Waals surface area contributed by atoms with Crippen LogP contribution in [0.4, 0.5) is 0 Å². The monoisotopic (exact) mass is 203 g/mol. The van der Waals surface area contributed by atoms with Crippen LogP contribution < -0.4 is 0 Å². The topological polar surface area (TPSA) is 23.8 Å². The van der Waals surface area contributed by atoms with E-state index in [1.807, 2.05) is 12.1 Å². The van der Waals surface area contributed by atoms with Crippen molar-refractivity contribution >= 4 is 0 Å². The highest BCUT2D eigenvalue weighted by atomic mass is 14.2. The second-order valence-corrected chi connectivity index (χ2v) is 3.94. The number of hydrogen-bond acceptors (Lipinski definition) is 1. The van der Waals surface area contributed by atoms with Gasteiger partial charge in [-0.1, -0.05) is 58.4 Å². The van der Waals surface area contributed by atoms with Crippen LogP contribution in [0.3, 0.4) is 0 Å². The average molecular weight is 203 g/mol. The van der Waals surface area contributed by atoms with E-state index < -0.39 is 0 Å². The largest absolute Gasteiger partial charge is 0.198 e. The Morgan fingerprint density at radius 2 is 1.60 bits per heavy atom. The molecule has 0 N–H and O–H groups in total. The van der Waals surface area contributed by atoms with Gasteiger partial charge in [-0.3, -0.25) is 0 Å². The zero-order chi connectivity index (χ0) is 11.7. The molecule has 1 aromatic rings. The fourth-order valence-electron chi connectivity index (χ4n) is 1.11. The van der Waals surface area contributed by atoms with Gasteiger partial charge in [-0.05, 0) is 17.0 Å². The van der Waals surface area contributed by atoms with E-state index in [4.69, 9.17) is 5.26 Å². The van der Waals surface area contributed by atoms with Gasteiger partial charge >= 0.3 is 0 Å². The summed E-state index contributed by atoms with van der Waals surface area (Å²) in [7, 11) is 0. The van der Waals surface area contributed by atoms with E-state index in [0.717, 1.165) is 5.56 Å². The smallest absolute Gasteiger partial charge is 0.0669 e. The van der Waals surface area contributed by atoms with Crippen LogP contribution >= 0.6 is 0 Å². The summed E-state index contributed by atoms with van der Waals surface area (Å²) < 4.78 is 0. The maximum absolute atomic E-state index is 8.45. The number of nitrogens with zero attached hydrogens (tertiary/aromatic N) is 1. The van der Waals surface area contributed by atoms with Gasteiger partial charge in [0.25, 0.3) is 0 Å². The van der Waals surface area contributed by atoms with Crippen LogP contribution in [-0.2, 0) is 6.42 Å². The van der Waals surface area contributed by atoms with Crippen molar-refractivity contribution in [3.8, 4) is 6.07 Å². The summed E-state index contributed by atoms with van der Waals surface area (Å²) in [6.07, 6.45) is 1.76. The standard InChI is InChI=1S/C11H13N.C3H8/c1-9(2)11-5-3-10(4-6-11)7-8-12;1-3-2/h3-6,9H,7H2,1-2H3;3H2,1-2H3. The fourth-order valence-corrected chi connectivity index (χ4v) is 1.11. The Labute approximate surface area is 93.7 Å². The minimum Gasteiger partial charge on any atom is -0.198 e. The molecule has 0 heterocycles. The first kappa shape index (κ1) is 13.7. The minimum absolute atomic E-state index is 0.512. The van der Waals surface area contributed by atoms with Crippen molar-refractivity contribution < 1.29 is 0 Å². The molecule has 0 spiro atoms. The SMILES string of the molecule is CC(C)c1ccc(CC#N)cc1.CCC. The van der Waals surface area contributed by atoms with E-state index in [1.165, 1.54) is 12.0 Å².